The van der Waals surface area contributed by atoms with Crippen LogP contribution in [0.5, 0.6) is 0 Å². The van der Waals surface area contributed by atoms with Crippen LogP contribution in [0.25, 0.3) is 0 Å². The van der Waals surface area contributed by atoms with Gasteiger partial charge in [0.1, 0.15) is 5.54 Å². The van der Waals surface area contributed by atoms with E-state index in [2.05, 4.69) is 0 Å². The molecule has 0 fully saturated rings. The molecular formula is C17H17F3INO3S. The summed E-state index contributed by atoms with van der Waals surface area (Å²) in [5, 5.41) is 0. The van der Waals surface area contributed by atoms with Gasteiger partial charge < -0.3 is 0 Å². The quantitative estimate of drug-likeness (QED) is 0.537. The lowest BCUT2D eigenvalue weighted by atomic mass is 9.80. The van der Waals surface area contributed by atoms with Crippen LogP contribution in [0.4, 0.5) is 13.2 Å². The Morgan fingerprint density at radius 3 is 2.35 bits per heavy atom. The van der Waals surface area contributed by atoms with Crippen LogP contribution in [0.15, 0.2) is 45.1 Å². The molecule has 0 amide bonds. The highest BCUT2D eigenvalue weighted by molar-refractivity contribution is 14.1. The van der Waals surface area contributed by atoms with E-state index in [4.69, 9.17) is 0 Å². The number of carbonyl (C=O) groups is 1. The lowest BCUT2D eigenvalue weighted by Crippen LogP contribution is -2.54. The van der Waals surface area contributed by atoms with Gasteiger partial charge in [-0.3, -0.25) is 4.79 Å². The Bertz CT molecular complexity index is 852. The van der Waals surface area contributed by atoms with Crippen molar-refractivity contribution in [2.75, 3.05) is 0 Å². The van der Waals surface area contributed by atoms with E-state index in [1.807, 2.05) is 28.7 Å². The summed E-state index contributed by atoms with van der Waals surface area (Å²) >= 11 is 1.94. The van der Waals surface area contributed by atoms with Crippen LogP contribution in [-0.2, 0) is 14.8 Å². The minimum Gasteiger partial charge on any atom is -0.290 e. The Labute approximate surface area is 163 Å². The number of allylic oxidation sites excluding steroid dienone is 3. The van der Waals surface area contributed by atoms with Gasteiger partial charge in [0, 0.05) is 3.58 Å². The molecule has 2 aliphatic carbocycles. The largest absolute Gasteiger partial charge is 0.511 e. The summed E-state index contributed by atoms with van der Waals surface area (Å²) < 4.78 is 66.0. The zero-order valence-corrected chi connectivity index (χ0v) is 16.9. The van der Waals surface area contributed by atoms with E-state index in [1.54, 1.807) is 0 Å². The standard InChI is InChI=1S/C17H17F3INO3S/c1-11-15(21)14(12-5-3-2-4-6-12)16(9-7-13(23)8-10-16)22(11)26(24,25)17(18,19)20/h5,7-11H,2-4,6H2,1H3. The summed E-state index contributed by atoms with van der Waals surface area (Å²) in [6.45, 7) is 1.45. The minimum atomic E-state index is -5.61. The first kappa shape index (κ1) is 19.8. The molecule has 0 bridgehead atoms. The van der Waals surface area contributed by atoms with E-state index in [1.165, 1.54) is 19.1 Å². The fourth-order valence-electron chi connectivity index (χ4n) is 3.77. The van der Waals surface area contributed by atoms with Gasteiger partial charge in [0.2, 0.25) is 0 Å². The minimum absolute atomic E-state index is 0.383. The number of alkyl halides is 3. The number of rotatable bonds is 2. The molecule has 0 N–H and O–H groups in total. The average Bonchev–Trinajstić information content (AvgIpc) is 2.78. The molecule has 142 valence electrons. The van der Waals surface area contributed by atoms with E-state index in [-0.39, 0.29) is 5.78 Å². The van der Waals surface area contributed by atoms with Gasteiger partial charge in [0.15, 0.2) is 5.78 Å². The summed E-state index contributed by atoms with van der Waals surface area (Å²) in [4.78, 5) is 11.6. The second-order valence-corrected chi connectivity index (χ2v) is 9.48. The third-order valence-corrected chi connectivity index (χ3v) is 8.05. The van der Waals surface area contributed by atoms with E-state index in [0.717, 1.165) is 37.0 Å². The van der Waals surface area contributed by atoms with Crippen molar-refractivity contribution < 1.29 is 26.4 Å². The second-order valence-electron chi connectivity index (χ2n) is 6.52. The molecule has 0 saturated heterocycles. The Balaban J connectivity index is 2.26. The number of ketones is 1. The molecule has 9 heteroatoms. The molecular weight excluding hydrogens is 482 g/mol. The Hall–Kier alpha value is -0.940. The maximum absolute atomic E-state index is 13.4. The van der Waals surface area contributed by atoms with Crippen LogP contribution in [0.3, 0.4) is 0 Å². The van der Waals surface area contributed by atoms with Crippen molar-refractivity contribution in [1.29, 1.82) is 0 Å². The molecule has 3 rings (SSSR count). The molecule has 4 nitrogen and oxygen atoms in total. The zero-order valence-electron chi connectivity index (χ0n) is 13.9. The number of halogens is 4. The van der Waals surface area contributed by atoms with Crippen LogP contribution in [0.2, 0.25) is 0 Å². The van der Waals surface area contributed by atoms with E-state index in [0.29, 0.717) is 19.9 Å². The number of sulfonamides is 1. The lowest BCUT2D eigenvalue weighted by Gasteiger charge is -2.39. The topological polar surface area (TPSA) is 54.5 Å². The van der Waals surface area contributed by atoms with Crippen LogP contribution in [0, 0.1) is 0 Å². The van der Waals surface area contributed by atoms with Crippen LogP contribution in [-0.4, -0.2) is 35.6 Å². The number of nitrogens with zero attached hydrogens (tertiary/aromatic N) is 1. The van der Waals surface area contributed by atoms with Gasteiger partial charge in [-0.2, -0.15) is 17.5 Å². The van der Waals surface area contributed by atoms with Crippen molar-refractivity contribution in [3.8, 4) is 0 Å². The molecule has 0 saturated carbocycles. The van der Waals surface area contributed by atoms with E-state index >= 15 is 0 Å². The van der Waals surface area contributed by atoms with Crippen LogP contribution < -0.4 is 0 Å². The Morgan fingerprint density at radius 1 is 1.23 bits per heavy atom. The molecule has 1 heterocycles. The summed E-state index contributed by atoms with van der Waals surface area (Å²) in [7, 11) is -5.61. The molecule has 1 spiro atoms. The summed E-state index contributed by atoms with van der Waals surface area (Å²) in [6, 6.07) is -0.984. The van der Waals surface area contributed by atoms with Crippen molar-refractivity contribution in [3.63, 3.8) is 0 Å². The van der Waals surface area contributed by atoms with Crippen LogP contribution >= 0.6 is 22.6 Å². The van der Waals surface area contributed by atoms with Crippen molar-refractivity contribution in [1.82, 2.24) is 4.31 Å². The normalized spacial score (nSPS) is 26.7. The first-order valence-corrected chi connectivity index (χ1v) is 10.7. The Morgan fingerprint density at radius 2 is 1.85 bits per heavy atom. The van der Waals surface area contributed by atoms with E-state index in [9.17, 15) is 26.4 Å². The molecule has 0 aromatic carbocycles. The molecule has 1 atom stereocenters. The lowest BCUT2D eigenvalue weighted by molar-refractivity contribution is -0.110. The van der Waals surface area contributed by atoms with Crippen molar-refractivity contribution in [2.24, 2.45) is 0 Å². The molecule has 0 radical (unpaired) electrons. The summed E-state index contributed by atoms with van der Waals surface area (Å²) in [5.74, 6) is -0.383. The predicted octanol–water partition coefficient (Wildman–Crippen LogP) is 4.16. The van der Waals surface area contributed by atoms with Crippen molar-refractivity contribution in [3.05, 3.63) is 45.1 Å². The fourth-order valence-corrected chi connectivity index (χ4v) is 6.37. The molecule has 0 aromatic rings. The molecule has 0 aromatic heterocycles. The Kier molecular flexibility index (Phi) is 5.02. The number of carbonyl (C=O) groups excluding carboxylic acids is 1. The summed E-state index contributed by atoms with van der Waals surface area (Å²) in [6.07, 6.45) is 10.2. The predicted molar refractivity (Wildman–Crippen MR) is 99.9 cm³/mol. The molecule has 1 unspecified atom stereocenters. The van der Waals surface area contributed by atoms with E-state index < -0.39 is 27.1 Å². The van der Waals surface area contributed by atoms with Gasteiger partial charge >= 0.3 is 15.5 Å². The molecule has 3 aliphatic rings. The smallest absolute Gasteiger partial charge is 0.290 e. The molecule has 26 heavy (non-hydrogen) atoms. The van der Waals surface area contributed by atoms with Crippen molar-refractivity contribution >= 4 is 38.4 Å². The highest BCUT2D eigenvalue weighted by atomic mass is 127. The van der Waals surface area contributed by atoms with Gasteiger partial charge in [-0.15, -0.1) is 0 Å². The highest BCUT2D eigenvalue weighted by Crippen LogP contribution is 2.52. The third-order valence-electron chi connectivity index (χ3n) is 4.89. The average molecular weight is 499 g/mol. The first-order chi connectivity index (χ1) is 12.0. The monoisotopic (exact) mass is 499 g/mol. The number of hydrogen-bond donors (Lipinski definition) is 0. The maximum atomic E-state index is 13.4. The zero-order chi connectivity index (χ0) is 19.3. The number of hydrogen-bond acceptors (Lipinski definition) is 3. The second kappa shape index (κ2) is 6.59. The molecule has 1 aliphatic heterocycles. The highest BCUT2D eigenvalue weighted by Gasteiger charge is 2.62. The van der Waals surface area contributed by atoms with Gasteiger partial charge in [-0.1, -0.05) is 18.2 Å². The maximum Gasteiger partial charge on any atom is 0.511 e. The van der Waals surface area contributed by atoms with Gasteiger partial charge in [0.25, 0.3) is 0 Å². The third kappa shape index (κ3) is 2.91. The first-order valence-electron chi connectivity index (χ1n) is 8.15. The van der Waals surface area contributed by atoms with Gasteiger partial charge in [-0.05, 0) is 78.5 Å². The van der Waals surface area contributed by atoms with Gasteiger partial charge in [0.05, 0.1) is 6.04 Å². The SMILES string of the molecule is CC1C(I)=C(C2=CCCCC2)C2(C=CC(=O)C=C2)N1S(=O)(=O)C(F)(F)F. The van der Waals surface area contributed by atoms with Gasteiger partial charge in [-0.25, -0.2) is 8.42 Å². The summed E-state index contributed by atoms with van der Waals surface area (Å²) in [5.41, 5.74) is -5.64. The van der Waals surface area contributed by atoms with Crippen LogP contribution in [0.1, 0.15) is 32.6 Å². The fraction of sp³-hybridized carbons (Fsp3) is 0.471. The van der Waals surface area contributed by atoms with Crippen molar-refractivity contribution in [2.45, 2.75) is 49.7 Å².